The Hall–Kier alpha value is -1.86. The average molecular weight is 479 g/mol. The molecule has 4 nitrogen and oxygen atoms in total. The molecule has 1 aliphatic rings. The first-order valence-electron chi connectivity index (χ1n) is 9.55. The SMILES string of the molecule is O=S(Nc1cscn1)c1ccc(OCC2CCCC=C2c2ccc(Cl)cc2)c(Cl)c1. The number of anilines is 1. The van der Waals surface area contributed by atoms with Crippen LogP contribution in [0.2, 0.25) is 10.0 Å². The molecule has 0 spiro atoms. The molecule has 156 valence electrons. The largest absolute Gasteiger partial charge is 0.491 e. The van der Waals surface area contributed by atoms with Crippen molar-refractivity contribution < 1.29 is 8.95 Å². The van der Waals surface area contributed by atoms with Crippen LogP contribution in [0.25, 0.3) is 5.57 Å². The lowest BCUT2D eigenvalue weighted by Gasteiger charge is -2.25. The van der Waals surface area contributed by atoms with Crippen molar-refractivity contribution >= 4 is 56.9 Å². The summed E-state index contributed by atoms with van der Waals surface area (Å²) in [5, 5.41) is 2.97. The predicted octanol–water partition coefficient (Wildman–Crippen LogP) is 6.85. The van der Waals surface area contributed by atoms with Gasteiger partial charge in [-0.1, -0.05) is 41.4 Å². The molecule has 2 aromatic carbocycles. The lowest BCUT2D eigenvalue weighted by molar-refractivity contribution is 0.268. The van der Waals surface area contributed by atoms with Crippen LogP contribution in [0.5, 0.6) is 5.75 Å². The summed E-state index contributed by atoms with van der Waals surface area (Å²) in [6, 6.07) is 13.1. The number of rotatable bonds is 7. The third-order valence-electron chi connectivity index (χ3n) is 4.93. The first-order valence-corrected chi connectivity index (χ1v) is 12.4. The summed E-state index contributed by atoms with van der Waals surface area (Å²) < 4.78 is 21.4. The molecule has 0 saturated carbocycles. The van der Waals surface area contributed by atoms with Crippen molar-refractivity contribution in [1.82, 2.24) is 4.98 Å². The number of thiazole rings is 1. The first-order chi connectivity index (χ1) is 14.6. The van der Waals surface area contributed by atoms with Crippen LogP contribution < -0.4 is 9.46 Å². The van der Waals surface area contributed by atoms with Gasteiger partial charge in [0.25, 0.3) is 0 Å². The van der Waals surface area contributed by atoms with Crippen LogP contribution in [0.4, 0.5) is 5.82 Å². The topological polar surface area (TPSA) is 51.2 Å². The van der Waals surface area contributed by atoms with Crippen molar-refractivity contribution in [3.8, 4) is 5.75 Å². The quantitative estimate of drug-likeness (QED) is 0.403. The van der Waals surface area contributed by atoms with E-state index in [0.29, 0.717) is 28.1 Å². The molecule has 1 aromatic heterocycles. The van der Waals surface area contributed by atoms with E-state index >= 15 is 0 Å². The van der Waals surface area contributed by atoms with Gasteiger partial charge >= 0.3 is 0 Å². The summed E-state index contributed by atoms with van der Waals surface area (Å²) in [5.74, 6) is 1.46. The maximum atomic E-state index is 12.5. The molecule has 1 aliphatic carbocycles. The van der Waals surface area contributed by atoms with Gasteiger partial charge in [0, 0.05) is 16.3 Å². The standard InChI is InChI=1S/C22H20Cl2N2O2S2/c23-17-7-5-15(6-8-17)19-4-2-1-3-16(19)12-28-21-10-9-18(11-20(21)24)30(27)26-22-13-29-14-25-22/h4-11,13-14,16,26H,1-3,12H2. The van der Waals surface area contributed by atoms with Crippen molar-refractivity contribution in [2.45, 2.75) is 24.2 Å². The molecule has 0 fully saturated rings. The third kappa shape index (κ3) is 5.24. The number of benzene rings is 2. The van der Waals surface area contributed by atoms with Gasteiger partial charge in [0.2, 0.25) is 0 Å². The van der Waals surface area contributed by atoms with Gasteiger partial charge in [-0.2, -0.15) is 0 Å². The second kappa shape index (κ2) is 9.96. The van der Waals surface area contributed by atoms with Crippen LogP contribution in [0.3, 0.4) is 0 Å². The van der Waals surface area contributed by atoms with Crippen LogP contribution in [-0.4, -0.2) is 15.8 Å². The molecule has 0 radical (unpaired) electrons. The van der Waals surface area contributed by atoms with Crippen molar-refractivity contribution in [3.63, 3.8) is 0 Å². The third-order valence-corrected chi connectivity index (χ3v) is 7.14. The molecular weight excluding hydrogens is 459 g/mol. The van der Waals surface area contributed by atoms with Crippen molar-refractivity contribution in [2.75, 3.05) is 11.3 Å². The fraction of sp³-hybridized carbons (Fsp3) is 0.227. The Bertz CT molecular complexity index is 1050. The number of allylic oxidation sites excluding steroid dienone is 1. The first kappa shape index (κ1) is 21.4. The molecule has 4 rings (SSSR count). The molecule has 2 atom stereocenters. The van der Waals surface area contributed by atoms with Crippen molar-refractivity contribution in [1.29, 1.82) is 0 Å². The number of nitrogens with one attached hydrogen (secondary N) is 1. The minimum absolute atomic E-state index is 0.288. The summed E-state index contributed by atoms with van der Waals surface area (Å²) in [4.78, 5) is 4.65. The Morgan fingerprint density at radius 1 is 1.20 bits per heavy atom. The molecular formula is C22H20Cl2N2O2S2. The van der Waals surface area contributed by atoms with E-state index in [1.807, 2.05) is 12.1 Å². The van der Waals surface area contributed by atoms with Crippen LogP contribution >= 0.6 is 34.5 Å². The number of nitrogens with zero attached hydrogens (tertiary/aromatic N) is 1. The van der Waals surface area contributed by atoms with Crippen LogP contribution in [0, 0.1) is 5.92 Å². The van der Waals surface area contributed by atoms with Crippen molar-refractivity contribution in [2.24, 2.45) is 5.92 Å². The summed E-state index contributed by atoms with van der Waals surface area (Å²) in [7, 11) is -1.44. The van der Waals surface area contributed by atoms with E-state index in [4.69, 9.17) is 27.9 Å². The fourth-order valence-electron chi connectivity index (χ4n) is 3.43. The normalized spacial score (nSPS) is 17.3. The summed E-state index contributed by atoms with van der Waals surface area (Å²) in [5.41, 5.74) is 4.15. The van der Waals surface area contributed by atoms with Gasteiger partial charge in [0.05, 0.1) is 22.0 Å². The zero-order chi connectivity index (χ0) is 20.9. The molecule has 30 heavy (non-hydrogen) atoms. The number of ether oxygens (including phenoxy) is 1. The summed E-state index contributed by atoms with van der Waals surface area (Å²) in [6.07, 6.45) is 5.56. The molecule has 1 N–H and O–H groups in total. The number of aromatic nitrogens is 1. The van der Waals surface area contributed by atoms with E-state index in [-0.39, 0.29) is 5.92 Å². The lowest BCUT2D eigenvalue weighted by atomic mass is 9.84. The Labute approximate surface area is 192 Å². The highest BCUT2D eigenvalue weighted by molar-refractivity contribution is 7.86. The Morgan fingerprint density at radius 2 is 2.03 bits per heavy atom. The Kier molecular flexibility index (Phi) is 7.10. The summed E-state index contributed by atoms with van der Waals surface area (Å²) in [6.45, 7) is 0.535. The maximum absolute atomic E-state index is 12.5. The Balaban J connectivity index is 1.42. The van der Waals surface area contributed by atoms with Gasteiger partial charge in [0.15, 0.2) is 11.0 Å². The van der Waals surface area contributed by atoms with Gasteiger partial charge < -0.3 is 4.74 Å². The van der Waals surface area contributed by atoms with Gasteiger partial charge in [-0.3, -0.25) is 4.72 Å². The van der Waals surface area contributed by atoms with E-state index in [2.05, 4.69) is 27.9 Å². The minimum atomic E-state index is -1.44. The maximum Gasteiger partial charge on any atom is 0.151 e. The van der Waals surface area contributed by atoms with Crippen LogP contribution in [0.15, 0.2) is 64.3 Å². The fourth-order valence-corrected chi connectivity index (χ4v) is 5.25. The minimum Gasteiger partial charge on any atom is -0.491 e. The molecule has 1 heterocycles. The van der Waals surface area contributed by atoms with Crippen LogP contribution in [-0.2, 0) is 11.0 Å². The van der Waals surface area contributed by atoms with Gasteiger partial charge in [-0.05, 0) is 60.7 Å². The number of hydrogen-bond acceptors (Lipinski definition) is 4. The van der Waals surface area contributed by atoms with E-state index in [1.54, 1.807) is 29.1 Å². The van der Waals surface area contributed by atoms with Gasteiger partial charge in [-0.25, -0.2) is 9.19 Å². The molecule has 0 amide bonds. The van der Waals surface area contributed by atoms with E-state index < -0.39 is 11.0 Å². The van der Waals surface area contributed by atoms with Gasteiger partial charge in [0.1, 0.15) is 11.6 Å². The molecule has 2 unspecified atom stereocenters. The number of hydrogen-bond donors (Lipinski definition) is 1. The molecule has 0 bridgehead atoms. The number of halogens is 2. The Morgan fingerprint density at radius 3 is 2.77 bits per heavy atom. The monoisotopic (exact) mass is 478 g/mol. The molecule has 0 aliphatic heterocycles. The van der Waals surface area contributed by atoms with Gasteiger partial charge in [-0.15, -0.1) is 11.3 Å². The highest BCUT2D eigenvalue weighted by Gasteiger charge is 2.21. The van der Waals surface area contributed by atoms with Crippen LogP contribution in [0.1, 0.15) is 24.8 Å². The highest BCUT2D eigenvalue weighted by Crippen LogP contribution is 2.35. The average Bonchev–Trinajstić information content (AvgIpc) is 3.27. The predicted molar refractivity (Wildman–Crippen MR) is 126 cm³/mol. The highest BCUT2D eigenvalue weighted by atomic mass is 35.5. The lowest BCUT2D eigenvalue weighted by Crippen LogP contribution is -2.17. The molecule has 8 heteroatoms. The molecule has 0 saturated heterocycles. The van der Waals surface area contributed by atoms with E-state index in [1.165, 1.54) is 22.5 Å². The zero-order valence-electron chi connectivity index (χ0n) is 16.0. The second-order valence-corrected chi connectivity index (χ2v) is 9.72. The summed E-state index contributed by atoms with van der Waals surface area (Å²) >= 11 is 13.9. The van der Waals surface area contributed by atoms with E-state index in [9.17, 15) is 4.21 Å². The van der Waals surface area contributed by atoms with E-state index in [0.717, 1.165) is 24.3 Å². The second-order valence-electron chi connectivity index (χ2n) is 6.94. The zero-order valence-corrected chi connectivity index (χ0v) is 19.2. The van der Waals surface area contributed by atoms with Crippen molar-refractivity contribution in [3.05, 3.63) is 75.0 Å². The molecule has 3 aromatic rings. The smallest absolute Gasteiger partial charge is 0.151 e.